The van der Waals surface area contributed by atoms with Gasteiger partial charge in [-0.25, -0.2) is 0 Å². The molecule has 0 spiro atoms. The van der Waals surface area contributed by atoms with Crippen molar-refractivity contribution in [3.63, 3.8) is 0 Å². The summed E-state index contributed by atoms with van der Waals surface area (Å²) in [6.45, 7) is 10.3. The Labute approximate surface area is 167 Å². The average Bonchev–Trinajstić information content (AvgIpc) is 3.18. The molecule has 2 amide bonds. The number of hydrogen-bond donors (Lipinski definition) is 2. The van der Waals surface area contributed by atoms with Crippen LogP contribution in [0.4, 0.5) is 0 Å². The SMILES string of the molecule is CCCCC(CC)CNC(=O)C1CCCC1C(=O)NCC(CC)CCCC. The molecule has 4 heteroatoms. The lowest BCUT2D eigenvalue weighted by Crippen LogP contribution is -2.42. The summed E-state index contributed by atoms with van der Waals surface area (Å²) >= 11 is 0. The lowest BCUT2D eigenvalue weighted by atomic mass is 9.92. The van der Waals surface area contributed by atoms with Gasteiger partial charge in [-0.3, -0.25) is 9.59 Å². The van der Waals surface area contributed by atoms with Crippen molar-refractivity contribution in [1.29, 1.82) is 0 Å². The highest BCUT2D eigenvalue weighted by molar-refractivity contribution is 5.88. The zero-order chi connectivity index (χ0) is 20.1. The summed E-state index contributed by atoms with van der Waals surface area (Å²) < 4.78 is 0. The summed E-state index contributed by atoms with van der Waals surface area (Å²) in [5.41, 5.74) is 0. The Morgan fingerprint density at radius 2 is 1.19 bits per heavy atom. The first kappa shape index (κ1) is 24.0. The van der Waals surface area contributed by atoms with Crippen molar-refractivity contribution >= 4 is 11.8 Å². The van der Waals surface area contributed by atoms with Crippen LogP contribution < -0.4 is 10.6 Å². The van der Waals surface area contributed by atoms with Crippen molar-refractivity contribution in [2.75, 3.05) is 13.1 Å². The number of rotatable bonds is 14. The molecule has 1 saturated carbocycles. The number of amides is 2. The normalized spacial score (nSPS) is 21.6. The Balaban J connectivity index is 2.46. The van der Waals surface area contributed by atoms with Gasteiger partial charge >= 0.3 is 0 Å². The molecule has 4 nitrogen and oxygen atoms in total. The van der Waals surface area contributed by atoms with Crippen LogP contribution in [0.2, 0.25) is 0 Å². The quantitative estimate of drug-likeness (QED) is 0.442. The first-order valence-electron chi connectivity index (χ1n) is 11.6. The minimum absolute atomic E-state index is 0.0978. The number of nitrogens with one attached hydrogen (secondary N) is 2. The van der Waals surface area contributed by atoms with Crippen LogP contribution in [0, 0.1) is 23.7 Å². The van der Waals surface area contributed by atoms with E-state index in [1.165, 1.54) is 38.5 Å². The monoisotopic (exact) mass is 380 g/mol. The molecule has 4 unspecified atom stereocenters. The molecule has 0 saturated heterocycles. The first-order valence-corrected chi connectivity index (χ1v) is 11.6. The highest BCUT2D eigenvalue weighted by Gasteiger charge is 2.37. The van der Waals surface area contributed by atoms with Crippen LogP contribution >= 0.6 is 0 Å². The van der Waals surface area contributed by atoms with Gasteiger partial charge in [-0.1, -0.05) is 72.6 Å². The van der Waals surface area contributed by atoms with E-state index in [4.69, 9.17) is 0 Å². The predicted octanol–water partition coefficient (Wildman–Crippen LogP) is 5.07. The molecule has 4 atom stereocenters. The summed E-state index contributed by atoms with van der Waals surface area (Å²) in [5.74, 6) is 1.05. The van der Waals surface area contributed by atoms with Crippen molar-refractivity contribution in [1.82, 2.24) is 10.6 Å². The molecule has 1 rings (SSSR count). The third-order valence-corrected chi connectivity index (χ3v) is 6.41. The molecule has 0 heterocycles. The van der Waals surface area contributed by atoms with Gasteiger partial charge in [0, 0.05) is 24.9 Å². The maximum absolute atomic E-state index is 12.7. The highest BCUT2D eigenvalue weighted by atomic mass is 16.2. The fourth-order valence-corrected chi connectivity index (χ4v) is 4.23. The number of carbonyl (C=O) groups is 2. The van der Waals surface area contributed by atoms with E-state index in [9.17, 15) is 9.59 Å². The molecule has 158 valence electrons. The van der Waals surface area contributed by atoms with Crippen molar-refractivity contribution in [2.45, 2.75) is 98.3 Å². The Kier molecular flexibility index (Phi) is 12.4. The van der Waals surface area contributed by atoms with E-state index in [-0.39, 0.29) is 23.7 Å². The third kappa shape index (κ3) is 8.66. The fraction of sp³-hybridized carbons (Fsp3) is 0.913. The molecule has 1 aliphatic carbocycles. The van der Waals surface area contributed by atoms with E-state index in [0.717, 1.165) is 45.2 Å². The second kappa shape index (κ2) is 14.0. The zero-order valence-electron chi connectivity index (χ0n) is 18.3. The molecular weight excluding hydrogens is 336 g/mol. The van der Waals surface area contributed by atoms with Crippen LogP contribution in [-0.4, -0.2) is 24.9 Å². The largest absolute Gasteiger partial charge is 0.356 e. The maximum atomic E-state index is 12.7. The van der Waals surface area contributed by atoms with Crippen LogP contribution in [0.25, 0.3) is 0 Å². The molecule has 0 aromatic rings. The standard InChI is InChI=1S/C23H44N2O2/c1-5-9-12-18(7-3)16-24-22(26)20-14-11-15-21(20)23(27)25-17-19(8-4)13-10-6-2/h18-21H,5-17H2,1-4H3,(H,24,26)(H,25,27). The van der Waals surface area contributed by atoms with Gasteiger partial charge in [0.15, 0.2) is 0 Å². The van der Waals surface area contributed by atoms with Crippen molar-refractivity contribution < 1.29 is 9.59 Å². The lowest BCUT2D eigenvalue weighted by molar-refractivity contribution is -0.133. The Bertz CT molecular complexity index is 387. The lowest BCUT2D eigenvalue weighted by Gasteiger charge is -2.22. The fourth-order valence-electron chi connectivity index (χ4n) is 4.23. The number of carbonyl (C=O) groups excluding carboxylic acids is 2. The van der Waals surface area contributed by atoms with E-state index in [1.807, 2.05) is 0 Å². The van der Waals surface area contributed by atoms with Gasteiger partial charge in [-0.05, 0) is 37.5 Å². The summed E-state index contributed by atoms with van der Waals surface area (Å²) in [7, 11) is 0. The van der Waals surface area contributed by atoms with Crippen molar-refractivity contribution in [3.8, 4) is 0 Å². The first-order chi connectivity index (χ1) is 13.1. The van der Waals surface area contributed by atoms with Crippen LogP contribution in [-0.2, 0) is 9.59 Å². The Morgan fingerprint density at radius 1 is 0.778 bits per heavy atom. The van der Waals surface area contributed by atoms with Crippen LogP contribution in [0.15, 0.2) is 0 Å². The molecule has 1 aliphatic rings. The number of hydrogen-bond acceptors (Lipinski definition) is 2. The van der Waals surface area contributed by atoms with Gasteiger partial charge in [0.2, 0.25) is 11.8 Å². The number of unbranched alkanes of at least 4 members (excludes halogenated alkanes) is 2. The highest BCUT2D eigenvalue weighted by Crippen LogP contribution is 2.32. The molecule has 1 fully saturated rings. The average molecular weight is 381 g/mol. The van der Waals surface area contributed by atoms with Gasteiger partial charge < -0.3 is 10.6 Å². The topological polar surface area (TPSA) is 58.2 Å². The van der Waals surface area contributed by atoms with Crippen LogP contribution in [0.1, 0.15) is 98.3 Å². The Hall–Kier alpha value is -1.06. The van der Waals surface area contributed by atoms with E-state index < -0.39 is 0 Å². The van der Waals surface area contributed by atoms with Gasteiger partial charge in [-0.15, -0.1) is 0 Å². The molecule has 0 aromatic carbocycles. The van der Waals surface area contributed by atoms with Gasteiger partial charge in [0.25, 0.3) is 0 Å². The Morgan fingerprint density at radius 3 is 1.52 bits per heavy atom. The van der Waals surface area contributed by atoms with E-state index >= 15 is 0 Å². The minimum atomic E-state index is -0.135. The van der Waals surface area contributed by atoms with E-state index in [0.29, 0.717) is 11.8 Å². The van der Waals surface area contributed by atoms with Crippen molar-refractivity contribution in [3.05, 3.63) is 0 Å². The molecule has 0 radical (unpaired) electrons. The van der Waals surface area contributed by atoms with E-state index in [2.05, 4.69) is 38.3 Å². The summed E-state index contributed by atoms with van der Waals surface area (Å²) in [6, 6.07) is 0. The summed E-state index contributed by atoms with van der Waals surface area (Å²) in [5, 5.41) is 6.31. The van der Waals surface area contributed by atoms with E-state index in [1.54, 1.807) is 0 Å². The van der Waals surface area contributed by atoms with Gasteiger partial charge in [-0.2, -0.15) is 0 Å². The molecule has 27 heavy (non-hydrogen) atoms. The third-order valence-electron chi connectivity index (χ3n) is 6.41. The smallest absolute Gasteiger partial charge is 0.223 e. The summed E-state index contributed by atoms with van der Waals surface area (Å²) in [4.78, 5) is 25.4. The second-order valence-electron chi connectivity index (χ2n) is 8.47. The van der Waals surface area contributed by atoms with Crippen molar-refractivity contribution in [2.24, 2.45) is 23.7 Å². The molecule has 0 bridgehead atoms. The van der Waals surface area contributed by atoms with Gasteiger partial charge in [0.1, 0.15) is 0 Å². The molecule has 2 N–H and O–H groups in total. The molecule has 0 aromatic heterocycles. The predicted molar refractivity (Wildman–Crippen MR) is 113 cm³/mol. The zero-order valence-corrected chi connectivity index (χ0v) is 18.3. The minimum Gasteiger partial charge on any atom is -0.356 e. The molecule has 0 aliphatic heterocycles. The van der Waals surface area contributed by atoms with Crippen LogP contribution in [0.5, 0.6) is 0 Å². The molecular formula is C23H44N2O2. The van der Waals surface area contributed by atoms with Gasteiger partial charge in [0.05, 0.1) is 0 Å². The maximum Gasteiger partial charge on any atom is 0.223 e. The summed E-state index contributed by atoms with van der Waals surface area (Å²) in [6.07, 6.45) is 12.1. The second-order valence-corrected chi connectivity index (χ2v) is 8.47. The van der Waals surface area contributed by atoms with Crippen LogP contribution in [0.3, 0.4) is 0 Å².